The van der Waals surface area contributed by atoms with Crippen LogP contribution < -0.4 is 64.2 Å². The van der Waals surface area contributed by atoms with Crippen LogP contribution in [-0.4, -0.2) is 72.7 Å². The van der Waals surface area contributed by atoms with E-state index in [-0.39, 0.29) is 94.6 Å². The third-order valence-electron chi connectivity index (χ3n) is 25.3. The molecule has 0 aliphatic heterocycles. The normalized spacial score (nSPS) is 12.8. The van der Waals surface area contributed by atoms with E-state index in [9.17, 15) is 62.3 Å². The molecule has 0 radical (unpaired) electrons. The number of anilines is 4. The summed E-state index contributed by atoms with van der Waals surface area (Å²) in [6.07, 6.45) is 21.8. The van der Waals surface area contributed by atoms with Crippen LogP contribution in [0.25, 0.3) is 43.9 Å². The number of amides is 9. The van der Waals surface area contributed by atoms with E-state index < -0.39 is 23.6 Å². The molecule has 0 fully saturated rings. The molecular formula is C107H103N9O21S4. The van der Waals surface area contributed by atoms with E-state index in [1.165, 1.54) is 74.5 Å². The number of hydrogen-bond acceptors (Lipinski definition) is 25. The molecule has 9 amide bonds. The maximum absolute atomic E-state index is 13.2. The Morgan fingerprint density at radius 1 is 0.305 bits per heavy atom. The SMILES string of the molecule is CN(C)C=O.Cc1ccc2c(=O)cc(C(=O)Nc3sc4c(c3C(=O)NCc3ccco3)CCCC4)oc2c1C.Cc1ccc2c(=O)cc(C(=O)Nc3sc4c(c3C(=O)NCc3ccco3)CCCC4)oc2c1C.Cc1ccc2c(=O)cc(C(=O)Nc3sc4c(c3C(=O)NCc3ccco3)CCCC4)oc2c1C.Cc1ccc2c(=O)cc(C(=O)Nc3sc4c(c3C(=O)NCc3ccco3)CCCC4)oc2c1C. The predicted octanol–water partition coefficient (Wildman–Crippen LogP) is 20.2. The van der Waals surface area contributed by atoms with Crippen molar-refractivity contribution in [3.8, 4) is 0 Å². The van der Waals surface area contributed by atoms with Gasteiger partial charge < -0.3 is 82.8 Å². The number of furan rings is 4. The van der Waals surface area contributed by atoms with Crippen molar-refractivity contribution in [3.63, 3.8) is 0 Å². The van der Waals surface area contributed by atoms with E-state index in [1.807, 2.05) is 79.7 Å². The molecule has 20 rings (SSSR count). The van der Waals surface area contributed by atoms with Crippen molar-refractivity contribution in [1.29, 1.82) is 0 Å². The molecule has 8 N–H and O–H groups in total. The molecule has 0 saturated carbocycles. The Kier molecular flexibility index (Phi) is 30.8. The molecule has 34 heteroatoms. The molecule has 0 saturated heterocycles. The van der Waals surface area contributed by atoms with Gasteiger partial charge in [-0.1, -0.05) is 24.3 Å². The summed E-state index contributed by atoms with van der Waals surface area (Å²) in [5, 5.41) is 26.6. The van der Waals surface area contributed by atoms with E-state index in [0.29, 0.717) is 109 Å². The van der Waals surface area contributed by atoms with Gasteiger partial charge in [-0.15, -0.1) is 45.3 Å². The van der Waals surface area contributed by atoms with Gasteiger partial charge in [-0.25, -0.2) is 0 Å². The van der Waals surface area contributed by atoms with E-state index in [1.54, 1.807) is 112 Å². The monoisotopic (exact) mass is 1980 g/mol. The van der Waals surface area contributed by atoms with Crippen LogP contribution in [0.1, 0.15) is 244 Å². The second-order valence-corrected chi connectivity index (χ2v) is 39.5. The number of nitrogens with zero attached hydrogens (tertiary/aromatic N) is 1. The number of nitrogens with one attached hydrogen (secondary N) is 8. The lowest BCUT2D eigenvalue weighted by Crippen LogP contribution is -2.25. The van der Waals surface area contributed by atoms with Crippen LogP contribution in [0, 0.1) is 55.4 Å². The van der Waals surface area contributed by atoms with Crippen LogP contribution in [-0.2, 0) is 82.3 Å². The van der Waals surface area contributed by atoms with Gasteiger partial charge in [0.05, 0.1) is 95.0 Å². The molecule has 30 nitrogen and oxygen atoms in total. The molecule has 4 aromatic carbocycles. The lowest BCUT2D eigenvalue weighted by molar-refractivity contribution is -0.115. The Hall–Kier alpha value is -15.1. The number of hydrogen-bond donors (Lipinski definition) is 8. The average molecular weight is 1980 g/mol. The maximum Gasteiger partial charge on any atom is 0.292 e. The molecule has 12 heterocycles. The van der Waals surface area contributed by atoms with Crippen molar-refractivity contribution in [2.75, 3.05) is 35.4 Å². The third kappa shape index (κ3) is 22.3. The fraction of sp³-hybridized carbons (Fsp3) is 0.280. The van der Waals surface area contributed by atoms with Crippen molar-refractivity contribution in [1.82, 2.24) is 26.2 Å². The second kappa shape index (κ2) is 43.9. The Morgan fingerprint density at radius 3 is 0.702 bits per heavy atom. The highest BCUT2D eigenvalue weighted by Gasteiger charge is 2.34. The standard InChI is InChI=1S/4C26H24N2O5S.C3H7NO/c4*1-14-9-10-17-19(29)12-20(33-23(17)15(14)2)24(30)28-26-22(18-7-3-4-8-21(18)34-26)25(31)27-13-16-6-5-11-32-16;1-4(2)3-5/h4*5-6,9-12H,3-4,7-8,13H2,1-2H3,(H,27,31)(H,28,30);3H,1-2H3. The summed E-state index contributed by atoms with van der Waals surface area (Å²) in [5.74, 6) is -1.05. The smallest absolute Gasteiger partial charge is 0.292 e. The molecule has 726 valence electrons. The minimum absolute atomic E-state index is 0.0838. The van der Waals surface area contributed by atoms with Crippen molar-refractivity contribution >= 4 is 163 Å². The van der Waals surface area contributed by atoms with E-state index in [2.05, 4.69) is 42.5 Å². The molecule has 16 aromatic rings. The number of carbonyl (C=O) groups is 9. The summed E-state index contributed by atoms with van der Waals surface area (Å²) >= 11 is 5.66. The Labute approximate surface area is 823 Å². The summed E-state index contributed by atoms with van der Waals surface area (Å²) in [6.45, 7) is 16.1. The fourth-order valence-electron chi connectivity index (χ4n) is 17.2. The van der Waals surface area contributed by atoms with Crippen LogP contribution >= 0.6 is 45.3 Å². The highest BCUT2D eigenvalue weighted by Crippen LogP contribution is 2.44. The Balaban J connectivity index is 0.000000133. The maximum atomic E-state index is 13.2. The largest absolute Gasteiger partial charge is 0.467 e. The highest BCUT2D eigenvalue weighted by molar-refractivity contribution is 7.18. The minimum Gasteiger partial charge on any atom is -0.467 e. The second-order valence-electron chi connectivity index (χ2n) is 35.0. The summed E-state index contributed by atoms with van der Waals surface area (Å²) in [6, 6.07) is 33.3. The zero-order chi connectivity index (χ0) is 99.6. The first-order chi connectivity index (χ1) is 67.9. The molecule has 0 spiro atoms. The van der Waals surface area contributed by atoms with Gasteiger partial charge in [0.2, 0.25) is 6.41 Å². The predicted molar refractivity (Wildman–Crippen MR) is 543 cm³/mol. The summed E-state index contributed by atoms with van der Waals surface area (Å²) < 4.78 is 44.7. The minimum atomic E-state index is -0.557. The zero-order valence-corrected chi connectivity index (χ0v) is 82.5. The van der Waals surface area contributed by atoms with Crippen LogP contribution in [0.5, 0.6) is 0 Å². The molecule has 4 aliphatic carbocycles. The lowest BCUT2D eigenvalue weighted by atomic mass is 9.95. The number of fused-ring (bicyclic) bond motifs is 8. The van der Waals surface area contributed by atoms with Crippen LogP contribution in [0.3, 0.4) is 0 Å². The van der Waals surface area contributed by atoms with Gasteiger partial charge >= 0.3 is 0 Å². The first-order valence-corrected chi connectivity index (χ1v) is 49.6. The molecular weight excluding hydrogens is 1880 g/mol. The molecule has 141 heavy (non-hydrogen) atoms. The number of carbonyl (C=O) groups excluding carboxylic acids is 9. The van der Waals surface area contributed by atoms with Crippen molar-refractivity contribution in [2.45, 2.75) is 184 Å². The molecule has 4 aliphatic rings. The number of benzene rings is 4. The van der Waals surface area contributed by atoms with Crippen LogP contribution in [0.15, 0.2) is 201 Å². The van der Waals surface area contributed by atoms with Crippen LogP contribution in [0.4, 0.5) is 20.0 Å². The van der Waals surface area contributed by atoms with Gasteiger partial charge in [0, 0.05) is 57.9 Å². The fourth-order valence-corrected chi connectivity index (χ4v) is 22.3. The molecule has 0 unspecified atom stereocenters. The quantitative estimate of drug-likeness (QED) is 0.0310. The van der Waals surface area contributed by atoms with Gasteiger partial charge in [-0.2, -0.15) is 0 Å². The zero-order valence-electron chi connectivity index (χ0n) is 79.2. The lowest BCUT2D eigenvalue weighted by Gasteiger charge is -2.13. The molecule has 0 atom stereocenters. The van der Waals surface area contributed by atoms with Gasteiger partial charge in [-0.05, 0) is 298 Å². The van der Waals surface area contributed by atoms with Gasteiger partial charge in [0.25, 0.3) is 47.3 Å². The van der Waals surface area contributed by atoms with Crippen molar-refractivity contribution in [3.05, 3.63) is 342 Å². The Bertz CT molecular complexity index is 6870. The number of thiophene rings is 4. The van der Waals surface area contributed by atoms with Crippen molar-refractivity contribution < 1.29 is 78.5 Å². The van der Waals surface area contributed by atoms with E-state index in [4.69, 9.17) is 35.3 Å². The summed E-state index contributed by atoms with van der Waals surface area (Å²) in [7, 11) is 3.38. The van der Waals surface area contributed by atoms with Gasteiger partial charge in [-0.3, -0.25) is 62.3 Å². The van der Waals surface area contributed by atoms with E-state index in [0.717, 1.165) is 195 Å². The molecule has 12 aromatic heterocycles. The summed E-state index contributed by atoms with van der Waals surface area (Å²) in [4.78, 5) is 171. The third-order valence-corrected chi connectivity index (χ3v) is 30.1. The van der Waals surface area contributed by atoms with E-state index >= 15 is 0 Å². The van der Waals surface area contributed by atoms with Crippen LogP contribution in [0.2, 0.25) is 0 Å². The van der Waals surface area contributed by atoms with Gasteiger partial charge in [0.1, 0.15) is 65.4 Å². The topological polar surface area (TPSA) is 427 Å². The average Bonchev–Trinajstić information content (AvgIpc) is 1.44. The molecule has 0 bridgehead atoms. The van der Waals surface area contributed by atoms with Crippen molar-refractivity contribution in [2.24, 2.45) is 0 Å². The highest BCUT2D eigenvalue weighted by atomic mass is 32.1. The number of rotatable bonds is 21. The number of aryl methyl sites for hydroxylation is 12. The van der Waals surface area contributed by atoms with Gasteiger partial charge in [0.15, 0.2) is 44.8 Å². The summed E-state index contributed by atoms with van der Waals surface area (Å²) in [5.41, 5.74) is 13.5. The first-order valence-electron chi connectivity index (χ1n) is 46.3. The first kappa shape index (κ1) is 98.9. The Morgan fingerprint density at radius 2 is 0.511 bits per heavy atom.